The minimum atomic E-state index is 0.339. The van der Waals surface area contributed by atoms with Crippen LogP contribution in [-0.4, -0.2) is 34.0 Å². The van der Waals surface area contributed by atoms with Gasteiger partial charge in [-0.25, -0.2) is 0 Å². The highest BCUT2D eigenvalue weighted by atomic mass is 16.5. The molecule has 0 bridgehead atoms. The zero-order valence-electron chi connectivity index (χ0n) is 12.6. The average Bonchev–Trinajstić information content (AvgIpc) is 2.99. The van der Waals surface area contributed by atoms with E-state index in [1.807, 2.05) is 6.07 Å². The van der Waals surface area contributed by atoms with Crippen molar-refractivity contribution in [1.82, 2.24) is 5.32 Å². The smallest absolute Gasteiger partial charge is 0.161 e. The lowest BCUT2D eigenvalue weighted by atomic mass is 9.94. The summed E-state index contributed by atoms with van der Waals surface area (Å²) in [6.07, 6.45) is 2.26. The maximum absolute atomic E-state index is 5.48. The van der Waals surface area contributed by atoms with Gasteiger partial charge < -0.3 is 19.5 Å². The van der Waals surface area contributed by atoms with E-state index in [4.69, 9.17) is 14.2 Å². The molecule has 2 unspecified atom stereocenters. The molecule has 0 radical (unpaired) electrons. The lowest BCUT2D eigenvalue weighted by molar-refractivity contribution is 0.181. The second-order valence-electron chi connectivity index (χ2n) is 5.19. The van der Waals surface area contributed by atoms with Crippen LogP contribution in [0.25, 0.3) is 0 Å². The van der Waals surface area contributed by atoms with Crippen LogP contribution in [0, 0.1) is 5.92 Å². The van der Waals surface area contributed by atoms with Gasteiger partial charge in [-0.15, -0.1) is 0 Å². The summed E-state index contributed by atoms with van der Waals surface area (Å²) in [6, 6.07) is 6.50. The number of benzene rings is 1. The van der Waals surface area contributed by atoms with Crippen molar-refractivity contribution >= 4 is 0 Å². The monoisotopic (exact) mass is 279 g/mol. The average molecular weight is 279 g/mol. The molecule has 20 heavy (non-hydrogen) atoms. The molecule has 0 aliphatic carbocycles. The summed E-state index contributed by atoms with van der Waals surface area (Å²) in [7, 11) is 3.34. The van der Waals surface area contributed by atoms with Crippen molar-refractivity contribution in [1.29, 1.82) is 0 Å². The fourth-order valence-electron chi connectivity index (χ4n) is 2.76. The van der Waals surface area contributed by atoms with Crippen molar-refractivity contribution in [3.8, 4) is 11.5 Å². The van der Waals surface area contributed by atoms with Crippen LogP contribution < -0.4 is 14.8 Å². The van der Waals surface area contributed by atoms with E-state index in [1.165, 1.54) is 5.56 Å². The Morgan fingerprint density at radius 1 is 1.30 bits per heavy atom. The van der Waals surface area contributed by atoms with Gasteiger partial charge in [0, 0.05) is 19.3 Å². The van der Waals surface area contributed by atoms with Crippen LogP contribution in [0.4, 0.5) is 0 Å². The normalized spacial score (nSPS) is 19.9. The number of methoxy groups -OCH3 is 2. The van der Waals surface area contributed by atoms with E-state index in [9.17, 15) is 0 Å². The molecule has 112 valence electrons. The first kappa shape index (κ1) is 15.1. The number of hydrogen-bond acceptors (Lipinski definition) is 4. The molecule has 1 fully saturated rings. The molecule has 4 nitrogen and oxygen atoms in total. The van der Waals surface area contributed by atoms with Gasteiger partial charge in [0.25, 0.3) is 0 Å². The molecule has 4 heteroatoms. The molecule has 1 aliphatic heterocycles. The second-order valence-corrected chi connectivity index (χ2v) is 5.19. The van der Waals surface area contributed by atoms with Crippen LogP contribution in [0.15, 0.2) is 18.2 Å². The summed E-state index contributed by atoms with van der Waals surface area (Å²) in [4.78, 5) is 0. The molecule has 1 heterocycles. The maximum Gasteiger partial charge on any atom is 0.161 e. The number of hydrogen-bond donors (Lipinski definition) is 1. The van der Waals surface area contributed by atoms with Crippen molar-refractivity contribution < 1.29 is 14.2 Å². The maximum atomic E-state index is 5.48. The van der Waals surface area contributed by atoms with Gasteiger partial charge in [0.15, 0.2) is 11.5 Å². The Bertz CT molecular complexity index is 416. The summed E-state index contributed by atoms with van der Waals surface area (Å²) in [6.45, 7) is 4.87. The van der Waals surface area contributed by atoms with Crippen LogP contribution in [0.2, 0.25) is 0 Å². The van der Waals surface area contributed by atoms with Crippen LogP contribution in [0.5, 0.6) is 11.5 Å². The zero-order valence-corrected chi connectivity index (χ0v) is 12.6. The van der Waals surface area contributed by atoms with Crippen LogP contribution >= 0.6 is 0 Å². The van der Waals surface area contributed by atoms with Gasteiger partial charge >= 0.3 is 0 Å². The molecular formula is C16H25NO3. The van der Waals surface area contributed by atoms with E-state index in [-0.39, 0.29) is 0 Å². The minimum absolute atomic E-state index is 0.339. The Morgan fingerprint density at radius 2 is 2.10 bits per heavy atom. The largest absolute Gasteiger partial charge is 0.493 e. The van der Waals surface area contributed by atoms with Crippen LogP contribution in [0.1, 0.15) is 31.4 Å². The Kier molecular flexibility index (Phi) is 5.68. The lowest BCUT2D eigenvalue weighted by Crippen LogP contribution is -2.23. The molecule has 2 rings (SSSR count). The molecule has 0 spiro atoms. The van der Waals surface area contributed by atoms with Crippen LogP contribution in [0.3, 0.4) is 0 Å². The number of rotatable bonds is 7. The molecule has 0 amide bonds. The van der Waals surface area contributed by atoms with E-state index in [1.54, 1.807) is 14.2 Å². The number of ether oxygens (including phenoxy) is 3. The van der Waals surface area contributed by atoms with Crippen molar-refractivity contribution in [2.75, 3.05) is 34.0 Å². The molecule has 1 aromatic carbocycles. The lowest BCUT2D eigenvalue weighted by Gasteiger charge is -2.22. The Morgan fingerprint density at radius 3 is 2.70 bits per heavy atom. The molecule has 1 aromatic rings. The summed E-state index contributed by atoms with van der Waals surface area (Å²) in [5.74, 6) is 2.21. The predicted molar refractivity (Wildman–Crippen MR) is 79.5 cm³/mol. The highest BCUT2D eigenvalue weighted by Crippen LogP contribution is 2.33. The van der Waals surface area contributed by atoms with Gasteiger partial charge in [-0.1, -0.05) is 13.0 Å². The van der Waals surface area contributed by atoms with Gasteiger partial charge in [0.1, 0.15) is 0 Å². The van der Waals surface area contributed by atoms with Crippen molar-refractivity contribution in [3.63, 3.8) is 0 Å². The van der Waals surface area contributed by atoms with E-state index in [0.29, 0.717) is 12.0 Å². The standard InChI is InChI=1S/C16H25NO3/c1-4-17-14(9-12-7-8-20-11-12)13-5-6-15(18-2)16(10-13)19-3/h5-6,10,12,14,17H,4,7-9,11H2,1-3H3. The minimum Gasteiger partial charge on any atom is -0.493 e. The first-order chi connectivity index (χ1) is 9.78. The molecule has 2 atom stereocenters. The van der Waals surface area contributed by atoms with E-state index in [2.05, 4.69) is 24.4 Å². The highest BCUT2D eigenvalue weighted by Gasteiger charge is 2.22. The fourth-order valence-corrected chi connectivity index (χ4v) is 2.76. The van der Waals surface area contributed by atoms with Gasteiger partial charge in [-0.05, 0) is 43.0 Å². The fraction of sp³-hybridized carbons (Fsp3) is 0.625. The van der Waals surface area contributed by atoms with E-state index >= 15 is 0 Å². The highest BCUT2D eigenvalue weighted by molar-refractivity contribution is 5.43. The Balaban J connectivity index is 2.14. The van der Waals surface area contributed by atoms with Gasteiger partial charge in [0.2, 0.25) is 0 Å². The predicted octanol–water partition coefficient (Wildman–Crippen LogP) is 2.78. The van der Waals surface area contributed by atoms with E-state index < -0.39 is 0 Å². The molecule has 0 saturated carbocycles. The molecule has 1 aliphatic rings. The summed E-state index contributed by atoms with van der Waals surface area (Å²) < 4.78 is 16.2. The van der Waals surface area contributed by atoms with Gasteiger partial charge in [-0.2, -0.15) is 0 Å². The van der Waals surface area contributed by atoms with Crippen LogP contribution in [-0.2, 0) is 4.74 Å². The second kappa shape index (κ2) is 7.50. The van der Waals surface area contributed by atoms with Crippen molar-refractivity contribution in [2.24, 2.45) is 5.92 Å². The zero-order chi connectivity index (χ0) is 14.4. The first-order valence-corrected chi connectivity index (χ1v) is 7.31. The van der Waals surface area contributed by atoms with Crippen molar-refractivity contribution in [3.05, 3.63) is 23.8 Å². The van der Waals surface area contributed by atoms with E-state index in [0.717, 1.165) is 44.1 Å². The topological polar surface area (TPSA) is 39.7 Å². The first-order valence-electron chi connectivity index (χ1n) is 7.31. The summed E-state index contributed by atoms with van der Waals surface area (Å²) >= 11 is 0. The summed E-state index contributed by atoms with van der Waals surface area (Å²) in [5.41, 5.74) is 1.25. The molecule has 0 aromatic heterocycles. The molecule has 1 saturated heterocycles. The number of nitrogens with one attached hydrogen (secondary N) is 1. The Hall–Kier alpha value is -1.26. The van der Waals surface area contributed by atoms with Gasteiger partial charge in [-0.3, -0.25) is 0 Å². The quantitative estimate of drug-likeness (QED) is 0.833. The summed E-state index contributed by atoms with van der Waals surface area (Å²) in [5, 5.41) is 3.56. The molecule has 1 N–H and O–H groups in total. The SMILES string of the molecule is CCNC(CC1CCOC1)c1ccc(OC)c(OC)c1. The van der Waals surface area contributed by atoms with Gasteiger partial charge in [0.05, 0.1) is 14.2 Å². The third-order valence-electron chi connectivity index (χ3n) is 3.85. The third-order valence-corrected chi connectivity index (χ3v) is 3.85. The van der Waals surface area contributed by atoms with Crippen molar-refractivity contribution in [2.45, 2.75) is 25.8 Å². The third kappa shape index (κ3) is 3.64. The Labute approximate surface area is 121 Å². The molecular weight excluding hydrogens is 254 g/mol.